The van der Waals surface area contributed by atoms with Gasteiger partial charge < -0.3 is 4.90 Å². The van der Waals surface area contributed by atoms with E-state index in [2.05, 4.69) is 231 Å². The lowest BCUT2D eigenvalue weighted by molar-refractivity contribution is 0.660. The Hall–Kier alpha value is -7.26. The Bertz CT molecular complexity index is 3480. The normalized spacial score (nSPS) is 12.9. The molecule has 1 heterocycles. The van der Waals surface area contributed by atoms with Gasteiger partial charge in [0.05, 0.1) is 5.69 Å². The molecule has 0 N–H and O–H groups in total. The van der Waals surface area contributed by atoms with Crippen molar-refractivity contribution >= 4 is 70.1 Å². The standard InChI is InChI=1S/C59H41NS/c1-59(2)51-22-8-6-18-48(51)50-37-43(29-35-52(50)59)38-25-31-44(32-26-38)60(53-23-12-17-42-30-36-55-58(57(42)53)49-19-7-9-24-54(49)61-55)45-33-27-40(28-34-45)47-21-11-16-41-15-10-20-46(56(41)47)39-13-4-3-5-14-39/h3-37H,1-2H3. The minimum absolute atomic E-state index is 0.0141. The van der Waals surface area contributed by atoms with E-state index in [1.165, 1.54) is 103 Å². The number of rotatable bonds is 6. The fourth-order valence-electron chi connectivity index (χ4n) is 10.1. The molecule has 0 saturated carbocycles. The SMILES string of the molecule is CC1(C)c2ccccc2-c2cc(-c3ccc(N(c4ccc(-c5cccc6cccc(-c7ccccc7)c56)cc4)c4cccc5ccc6sc7ccccc7c6c45)cc3)ccc21. The predicted molar refractivity (Wildman–Crippen MR) is 263 cm³/mol. The summed E-state index contributed by atoms with van der Waals surface area (Å²) in [7, 11) is 0. The van der Waals surface area contributed by atoms with E-state index in [1.807, 2.05) is 11.3 Å². The number of hydrogen-bond donors (Lipinski definition) is 0. The fraction of sp³-hybridized carbons (Fsp3) is 0.0508. The van der Waals surface area contributed by atoms with E-state index in [0.29, 0.717) is 0 Å². The topological polar surface area (TPSA) is 3.24 Å². The molecule has 0 spiro atoms. The van der Waals surface area contributed by atoms with Crippen LogP contribution in [0.4, 0.5) is 17.1 Å². The maximum atomic E-state index is 2.46. The summed E-state index contributed by atoms with van der Waals surface area (Å²) in [5.41, 5.74) is 16.2. The number of thiophene rings is 1. The minimum atomic E-state index is -0.0141. The van der Waals surface area contributed by atoms with Crippen LogP contribution in [0.25, 0.3) is 86.2 Å². The van der Waals surface area contributed by atoms with Gasteiger partial charge >= 0.3 is 0 Å². The van der Waals surface area contributed by atoms with Gasteiger partial charge in [0.1, 0.15) is 0 Å². The summed E-state index contributed by atoms with van der Waals surface area (Å²) >= 11 is 1.87. The van der Waals surface area contributed by atoms with Crippen LogP contribution in [0, 0.1) is 0 Å². The van der Waals surface area contributed by atoms with Crippen molar-refractivity contribution in [1.82, 2.24) is 0 Å². The van der Waals surface area contributed by atoms with E-state index in [4.69, 9.17) is 0 Å². The first-order valence-corrected chi connectivity index (χ1v) is 22.0. The number of hydrogen-bond acceptors (Lipinski definition) is 2. The molecule has 10 aromatic carbocycles. The van der Waals surface area contributed by atoms with Gasteiger partial charge in [0, 0.05) is 42.3 Å². The number of anilines is 3. The van der Waals surface area contributed by atoms with Gasteiger partial charge in [0.25, 0.3) is 0 Å². The highest BCUT2D eigenvalue weighted by molar-refractivity contribution is 7.26. The highest BCUT2D eigenvalue weighted by Gasteiger charge is 2.35. The molecule has 0 unspecified atom stereocenters. The molecule has 0 bridgehead atoms. The van der Waals surface area contributed by atoms with Crippen molar-refractivity contribution in [2.24, 2.45) is 0 Å². The van der Waals surface area contributed by atoms with E-state index < -0.39 is 0 Å². The van der Waals surface area contributed by atoms with Gasteiger partial charge in [-0.1, -0.05) is 178 Å². The second-order valence-corrected chi connectivity index (χ2v) is 17.9. The molecule has 0 amide bonds. The first-order valence-electron chi connectivity index (χ1n) is 21.2. The molecule has 1 aliphatic carbocycles. The molecule has 288 valence electrons. The summed E-state index contributed by atoms with van der Waals surface area (Å²) in [4.78, 5) is 2.46. The van der Waals surface area contributed by atoms with Gasteiger partial charge in [0.15, 0.2) is 0 Å². The number of nitrogens with zero attached hydrogens (tertiary/aromatic N) is 1. The lowest BCUT2D eigenvalue weighted by Gasteiger charge is -2.28. The molecular formula is C59H41NS. The summed E-state index contributed by atoms with van der Waals surface area (Å²) in [6.07, 6.45) is 0. The Balaban J connectivity index is 1.02. The van der Waals surface area contributed by atoms with Crippen molar-refractivity contribution in [3.8, 4) is 44.5 Å². The molecule has 0 radical (unpaired) electrons. The van der Waals surface area contributed by atoms with Gasteiger partial charge in [-0.3, -0.25) is 0 Å². The summed E-state index contributed by atoms with van der Waals surface area (Å²) in [5.74, 6) is 0. The van der Waals surface area contributed by atoms with Gasteiger partial charge in [-0.15, -0.1) is 11.3 Å². The first-order chi connectivity index (χ1) is 30.0. The monoisotopic (exact) mass is 795 g/mol. The van der Waals surface area contributed by atoms with E-state index in [9.17, 15) is 0 Å². The zero-order valence-electron chi connectivity index (χ0n) is 34.1. The van der Waals surface area contributed by atoms with Crippen LogP contribution < -0.4 is 4.90 Å². The van der Waals surface area contributed by atoms with Crippen LogP contribution in [-0.4, -0.2) is 0 Å². The van der Waals surface area contributed by atoms with E-state index in [-0.39, 0.29) is 5.41 Å². The molecule has 0 fully saturated rings. The van der Waals surface area contributed by atoms with Crippen molar-refractivity contribution in [3.63, 3.8) is 0 Å². The third kappa shape index (κ3) is 5.67. The molecule has 61 heavy (non-hydrogen) atoms. The Morgan fingerprint density at radius 1 is 0.361 bits per heavy atom. The smallest absolute Gasteiger partial charge is 0.0546 e. The molecular weight excluding hydrogens is 755 g/mol. The van der Waals surface area contributed by atoms with Crippen molar-refractivity contribution < 1.29 is 0 Å². The molecule has 1 aliphatic rings. The largest absolute Gasteiger partial charge is 0.310 e. The molecule has 2 heteroatoms. The second kappa shape index (κ2) is 13.9. The zero-order valence-corrected chi connectivity index (χ0v) is 34.9. The average Bonchev–Trinajstić information content (AvgIpc) is 3.81. The third-order valence-electron chi connectivity index (χ3n) is 13.1. The van der Waals surface area contributed by atoms with Crippen LogP contribution in [0.2, 0.25) is 0 Å². The molecule has 11 aromatic rings. The van der Waals surface area contributed by atoms with E-state index in [0.717, 1.165) is 11.4 Å². The van der Waals surface area contributed by atoms with E-state index >= 15 is 0 Å². The van der Waals surface area contributed by atoms with E-state index in [1.54, 1.807) is 0 Å². The molecule has 0 aliphatic heterocycles. The van der Waals surface area contributed by atoms with Crippen LogP contribution in [0.3, 0.4) is 0 Å². The van der Waals surface area contributed by atoms with Crippen LogP contribution in [0.5, 0.6) is 0 Å². The highest BCUT2D eigenvalue weighted by atomic mass is 32.1. The number of fused-ring (bicyclic) bond motifs is 9. The molecule has 12 rings (SSSR count). The maximum absolute atomic E-state index is 2.46. The van der Waals surface area contributed by atoms with Crippen LogP contribution >= 0.6 is 11.3 Å². The molecule has 1 nitrogen and oxygen atoms in total. The quantitative estimate of drug-likeness (QED) is 0.162. The third-order valence-corrected chi connectivity index (χ3v) is 14.2. The Labute approximate surface area is 360 Å². The van der Waals surface area contributed by atoms with Gasteiger partial charge in [-0.25, -0.2) is 0 Å². The lowest BCUT2D eigenvalue weighted by atomic mass is 9.82. The van der Waals surface area contributed by atoms with Crippen molar-refractivity contribution in [1.29, 1.82) is 0 Å². The Morgan fingerprint density at radius 2 is 0.934 bits per heavy atom. The van der Waals surface area contributed by atoms with Gasteiger partial charge in [-0.05, 0) is 120 Å². The summed E-state index contributed by atoms with van der Waals surface area (Å²) in [5, 5.41) is 7.64. The Kier molecular flexibility index (Phi) is 8.13. The number of benzene rings is 10. The first kappa shape index (κ1) is 35.7. The molecule has 0 atom stereocenters. The highest BCUT2D eigenvalue weighted by Crippen LogP contribution is 2.50. The lowest BCUT2D eigenvalue weighted by Crippen LogP contribution is -2.14. The summed E-state index contributed by atoms with van der Waals surface area (Å²) in [6.45, 7) is 4.69. The minimum Gasteiger partial charge on any atom is -0.310 e. The second-order valence-electron chi connectivity index (χ2n) is 16.8. The summed E-state index contributed by atoms with van der Waals surface area (Å²) < 4.78 is 2.61. The van der Waals surface area contributed by atoms with Gasteiger partial charge in [0.2, 0.25) is 0 Å². The average molecular weight is 796 g/mol. The van der Waals surface area contributed by atoms with Crippen LogP contribution in [0.1, 0.15) is 25.0 Å². The Morgan fingerprint density at radius 3 is 1.69 bits per heavy atom. The van der Waals surface area contributed by atoms with Gasteiger partial charge in [-0.2, -0.15) is 0 Å². The summed E-state index contributed by atoms with van der Waals surface area (Å²) in [6, 6.07) is 78.6. The molecule has 1 aromatic heterocycles. The van der Waals surface area contributed by atoms with Crippen molar-refractivity contribution in [3.05, 3.63) is 223 Å². The maximum Gasteiger partial charge on any atom is 0.0546 e. The predicted octanol–water partition coefficient (Wildman–Crippen LogP) is 17.1. The molecule has 0 saturated heterocycles. The van der Waals surface area contributed by atoms with Crippen LogP contribution in [-0.2, 0) is 5.41 Å². The van der Waals surface area contributed by atoms with Crippen LogP contribution in [0.15, 0.2) is 212 Å². The van der Waals surface area contributed by atoms with Crippen molar-refractivity contribution in [2.75, 3.05) is 4.90 Å². The van der Waals surface area contributed by atoms with Crippen molar-refractivity contribution in [2.45, 2.75) is 19.3 Å². The fourth-order valence-corrected chi connectivity index (χ4v) is 11.2. The zero-order chi connectivity index (χ0) is 40.7.